The van der Waals surface area contributed by atoms with Gasteiger partial charge in [-0.05, 0) is 81.6 Å². The Morgan fingerprint density at radius 1 is 0.459 bits per heavy atom. The van der Waals surface area contributed by atoms with E-state index in [1.807, 2.05) is 30.6 Å². The van der Waals surface area contributed by atoms with Gasteiger partial charge >= 0.3 is 0 Å². The summed E-state index contributed by atoms with van der Waals surface area (Å²) < 4.78 is 0. The van der Waals surface area contributed by atoms with Gasteiger partial charge in [-0.25, -0.2) is 9.97 Å². The van der Waals surface area contributed by atoms with Crippen molar-refractivity contribution < 1.29 is 0 Å². The number of hydrogen-bond acceptors (Lipinski definition) is 5. The summed E-state index contributed by atoms with van der Waals surface area (Å²) in [5.41, 5.74) is 16.9. The van der Waals surface area contributed by atoms with Crippen LogP contribution in [0.5, 0.6) is 0 Å². The third kappa shape index (κ3) is 6.96. The van der Waals surface area contributed by atoms with E-state index in [0.29, 0.717) is 5.82 Å². The zero-order chi connectivity index (χ0) is 40.7. The summed E-state index contributed by atoms with van der Waals surface area (Å²) in [4.78, 5) is 25.1. The zero-order valence-electron chi connectivity index (χ0n) is 33.5. The quantitative estimate of drug-likeness (QED) is 0.162. The molecule has 6 aromatic carbocycles. The van der Waals surface area contributed by atoms with Crippen molar-refractivity contribution in [3.05, 3.63) is 223 Å². The number of dihydropyridines is 1. The second-order valence-electron chi connectivity index (χ2n) is 15.7. The predicted octanol–water partition coefficient (Wildman–Crippen LogP) is 13.5. The molecule has 2 unspecified atom stereocenters. The van der Waals surface area contributed by atoms with E-state index in [2.05, 4.69) is 188 Å². The molecule has 9 aromatic rings. The SMILES string of the molecule is Cc1cc(-c2ccccc2)c2c(n1)C1N=C(c3ccc(-c4ccc(-c5nc(-c6ccccc6)cc(-c6cccc(-c7cccc8ccncc78)c6)n5)cc4)cc3)C=CC1C=C2. The summed E-state index contributed by atoms with van der Waals surface area (Å²) in [6, 6.07) is 59.4. The van der Waals surface area contributed by atoms with Crippen LogP contribution in [0.25, 0.3) is 84.1 Å². The van der Waals surface area contributed by atoms with Crippen LogP contribution >= 0.6 is 0 Å². The van der Waals surface area contributed by atoms with Gasteiger partial charge in [-0.1, -0.05) is 164 Å². The number of benzene rings is 6. The smallest absolute Gasteiger partial charge is 0.160 e. The normalized spacial score (nSPS) is 15.3. The van der Waals surface area contributed by atoms with Crippen molar-refractivity contribution in [2.75, 3.05) is 0 Å². The number of hydrogen-bond donors (Lipinski definition) is 0. The van der Waals surface area contributed by atoms with Gasteiger partial charge in [0.15, 0.2) is 5.82 Å². The Morgan fingerprint density at radius 2 is 1.10 bits per heavy atom. The van der Waals surface area contributed by atoms with Gasteiger partial charge < -0.3 is 0 Å². The number of nitrogens with zero attached hydrogens (tertiary/aromatic N) is 5. The minimum absolute atomic E-state index is 0.0663. The fourth-order valence-electron chi connectivity index (χ4n) is 8.68. The van der Waals surface area contributed by atoms with Crippen LogP contribution in [-0.4, -0.2) is 25.6 Å². The van der Waals surface area contributed by atoms with Gasteiger partial charge in [-0.2, -0.15) is 0 Å². The number of allylic oxidation sites excluding steroid dienone is 1. The number of aromatic nitrogens is 4. The molecule has 0 radical (unpaired) electrons. The van der Waals surface area contributed by atoms with Gasteiger partial charge in [0, 0.05) is 51.6 Å². The molecule has 2 aliphatic rings. The molecule has 3 aromatic heterocycles. The second-order valence-corrected chi connectivity index (χ2v) is 15.7. The van der Waals surface area contributed by atoms with Crippen LogP contribution in [0.3, 0.4) is 0 Å². The Labute approximate surface area is 355 Å². The van der Waals surface area contributed by atoms with Crippen LogP contribution in [0.2, 0.25) is 0 Å². The zero-order valence-corrected chi connectivity index (χ0v) is 33.5. The molecule has 4 heterocycles. The molecule has 0 spiro atoms. The van der Waals surface area contributed by atoms with E-state index in [1.165, 1.54) is 11.1 Å². The standard InChI is InChI=1S/C56H39N5/c1-36-32-49(39-10-4-2-5-11-39)48-28-26-43-27-29-51(59-54(43)55(48)58-36)42-22-18-37(19-23-42)38-20-24-44(25-21-38)56-60-52(41-12-6-3-7-13-41)34-53(61-56)46-16-8-15-45(33-46)47-17-9-14-40-30-31-57-35-50(40)47/h2-35,43,54H,1H3. The molecule has 0 amide bonds. The topological polar surface area (TPSA) is 63.9 Å². The van der Waals surface area contributed by atoms with Gasteiger partial charge in [-0.3, -0.25) is 15.0 Å². The fourth-order valence-corrected chi connectivity index (χ4v) is 8.68. The van der Waals surface area contributed by atoms with Crippen LogP contribution in [0.15, 0.2) is 205 Å². The second kappa shape index (κ2) is 15.4. The van der Waals surface area contributed by atoms with Crippen LogP contribution in [0.4, 0.5) is 0 Å². The highest BCUT2D eigenvalue weighted by Gasteiger charge is 2.30. The molecule has 11 rings (SSSR count). The first-order valence-corrected chi connectivity index (χ1v) is 20.7. The largest absolute Gasteiger partial charge is 0.274 e. The number of aliphatic imine (C=N–C) groups is 1. The van der Waals surface area contributed by atoms with Crippen molar-refractivity contribution in [3.63, 3.8) is 0 Å². The lowest BCUT2D eigenvalue weighted by atomic mass is 9.83. The van der Waals surface area contributed by atoms with E-state index in [0.717, 1.165) is 89.3 Å². The summed E-state index contributed by atoms with van der Waals surface area (Å²) in [5.74, 6) is 0.858. The van der Waals surface area contributed by atoms with Crippen molar-refractivity contribution in [3.8, 4) is 67.3 Å². The van der Waals surface area contributed by atoms with Crippen molar-refractivity contribution in [2.45, 2.75) is 13.0 Å². The Morgan fingerprint density at radius 3 is 1.87 bits per heavy atom. The molecule has 5 heteroatoms. The molecule has 0 saturated carbocycles. The molecule has 2 atom stereocenters. The Kier molecular flexibility index (Phi) is 9.12. The molecular weight excluding hydrogens is 743 g/mol. The number of pyridine rings is 2. The Bertz CT molecular complexity index is 3180. The van der Waals surface area contributed by atoms with Crippen LogP contribution < -0.4 is 0 Å². The first-order chi connectivity index (χ1) is 30.1. The van der Waals surface area contributed by atoms with Crippen molar-refractivity contribution in [1.29, 1.82) is 0 Å². The molecule has 0 saturated heterocycles. The van der Waals surface area contributed by atoms with Crippen LogP contribution in [0.1, 0.15) is 28.6 Å². The monoisotopic (exact) mass is 781 g/mol. The number of fused-ring (bicyclic) bond motifs is 4. The maximum absolute atomic E-state index is 5.33. The summed E-state index contributed by atoms with van der Waals surface area (Å²) in [5, 5.41) is 2.29. The number of aryl methyl sites for hydroxylation is 1. The lowest BCUT2D eigenvalue weighted by molar-refractivity contribution is 0.590. The Hall–Kier alpha value is -7.89. The average molecular weight is 782 g/mol. The fraction of sp³-hybridized carbons (Fsp3) is 0.0536. The summed E-state index contributed by atoms with van der Waals surface area (Å²) >= 11 is 0. The van der Waals surface area contributed by atoms with E-state index in [-0.39, 0.29) is 12.0 Å². The molecule has 0 N–H and O–H groups in total. The van der Waals surface area contributed by atoms with Crippen LogP contribution in [0, 0.1) is 12.8 Å². The molecule has 0 fully saturated rings. The van der Waals surface area contributed by atoms with Crippen molar-refractivity contribution >= 4 is 22.6 Å². The van der Waals surface area contributed by atoms with E-state index in [1.54, 1.807) is 0 Å². The van der Waals surface area contributed by atoms with Crippen molar-refractivity contribution in [1.82, 2.24) is 19.9 Å². The Balaban J connectivity index is 0.888. The molecule has 61 heavy (non-hydrogen) atoms. The van der Waals surface area contributed by atoms with E-state index in [4.69, 9.17) is 19.9 Å². The molecule has 1 aliphatic carbocycles. The summed E-state index contributed by atoms with van der Waals surface area (Å²) in [7, 11) is 0. The molecular formula is C56H39N5. The summed E-state index contributed by atoms with van der Waals surface area (Å²) in [6.45, 7) is 2.08. The molecule has 1 aliphatic heterocycles. The lowest BCUT2D eigenvalue weighted by Gasteiger charge is -2.29. The van der Waals surface area contributed by atoms with Crippen LogP contribution in [-0.2, 0) is 0 Å². The van der Waals surface area contributed by atoms with E-state index < -0.39 is 0 Å². The predicted molar refractivity (Wildman–Crippen MR) is 250 cm³/mol. The molecule has 0 bridgehead atoms. The highest BCUT2D eigenvalue weighted by Crippen LogP contribution is 2.42. The average Bonchev–Trinajstić information content (AvgIpc) is 3.34. The molecule has 288 valence electrons. The lowest BCUT2D eigenvalue weighted by Crippen LogP contribution is -2.20. The van der Waals surface area contributed by atoms with E-state index in [9.17, 15) is 0 Å². The summed E-state index contributed by atoms with van der Waals surface area (Å²) in [6.07, 6.45) is 12.7. The first kappa shape index (κ1) is 36.2. The maximum Gasteiger partial charge on any atom is 0.160 e. The van der Waals surface area contributed by atoms with Gasteiger partial charge in [0.2, 0.25) is 0 Å². The van der Waals surface area contributed by atoms with Gasteiger partial charge in [-0.15, -0.1) is 0 Å². The van der Waals surface area contributed by atoms with Gasteiger partial charge in [0.1, 0.15) is 6.04 Å². The third-order valence-corrected chi connectivity index (χ3v) is 11.8. The third-order valence-electron chi connectivity index (χ3n) is 11.8. The highest BCUT2D eigenvalue weighted by molar-refractivity contribution is 6.09. The van der Waals surface area contributed by atoms with Crippen molar-refractivity contribution in [2.24, 2.45) is 10.9 Å². The van der Waals surface area contributed by atoms with E-state index >= 15 is 0 Å². The maximum atomic E-state index is 5.33. The highest BCUT2D eigenvalue weighted by atomic mass is 14.9. The minimum Gasteiger partial charge on any atom is -0.274 e. The minimum atomic E-state index is -0.0663. The molecule has 5 nitrogen and oxygen atoms in total. The van der Waals surface area contributed by atoms with Gasteiger partial charge in [0.05, 0.1) is 22.8 Å². The van der Waals surface area contributed by atoms with Gasteiger partial charge in [0.25, 0.3) is 0 Å². The first-order valence-electron chi connectivity index (χ1n) is 20.7. The number of rotatable bonds is 7.